The van der Waals surface area contributed by atoms with Crippen LogP contribution in [0.15, 0.2) is 42.5 Å². The van der Waals surface area contributed by atoms with Gasteiger partial charge in [-0.15, -0.1) is 0 Å². The molecule has 0 atom stereocenters. The van der Waals surface area contributed by atoms with Crippen LogP contribution in [-0.2, 0) is 6.42 Å². The zero-order valence-electron chi connectivity index (χ0n) is 9.13. The van der Waals surface area contributed by atoms with Gasteiger partial charge in [0.2, 0.25) is 0 Å². The summed E-state index contributed by atoms with van der Waals surface area (Å²) in [4.78, 5) is 0. The number of rotatable bonds is 1. The molecular weight excluding hydrogens is 196 g/mol. The van der Waals surface area contributed by atoms with Crippen molar-refractivity contribution >= 4 is 6.20 Å². The second-order valence-electron chi connectivity index (χ2n) is 4.11. The first-order valence-electron chi connectivity index (χ1n) is 5.74. The van der Waals surface area contributed by atoms with Crippen molar-refractivity contribution in [1.29, 1.82) is 0 Å². The normalized spacial score (nSPS) is 14.5. The molecule has 1 aliphatic rings. The topological polar surface area (TPSA) is 17.8 Å². The average Bonchev–Trinajstić information content (AvgIpc) is 2.62. The Hall–Kier alpha value is -1.83. The molecule has 2 nitrogen and oxygen atoms in total. The molecule has 0 unspecified atom stereocenters. The molecular formula is C14H14N2. The highest BCUT2D eigenvalue weighted by atomic mass is 15.3. The first-order valence-corrected chi connectivity index (χ1v) is 5.74. The highest BCUT2D eigenvalue weighted by Crippen LogP contribution is 2.21. The second kappa shape index (κ2) is 3.97. The third-order valence-electron chi connectivity index (χ3n) is 2.93. The molecule has 0 bridgehead atoms. The summed E-state index contributed by atoms with van der Waals surface area (Å²) in [5.74, 6) is 0. The van der Waals surface area contributed by atoms with Gasteiger partial charge in [-0.1, -0.05) is 36.4 Å². The van der Waals surface area contributed by atoms with Gasteiger partial charge < -0.3 is 0 Å². The van der Waals surface area contributed by atoms with Crippen LogP contribution >= 0.6 is 0 Å². The van der Waals surface area contributed by atoms with Crippen molar-refractivity contribution < 1.29 is 0 Å². The van der Waals surface area contributed by atoms with E-state index in [1.807, 2.05) is 10.7 Å². The van der Waals surface area contributed by atoms with E-state index in [-0.39, 0.29) is 0 Å². The van der Waals surface area contributed by atoms with Gasteiger partial charge in [-0.3, -0.25) is 0 Å². The molecule has 3 rings (SSSR count). The lowest BCUT2D eigenvalue weighted by Crippen LogP contribution is -1.93. The Kier molecular flexibility index (Phi) is 2.33. The molecule has 2 aromatic rings. The lowest BCUT2D eigenvalue weighted by Gasteiger charge is -1.95. The molecule has 0 fully saturated rings. The number of fused-ring (bicyclic) bond motifs is 1. The van der Waals surface area contributed by atoms with E-state index in [1.165, 1.54) is 17.7 Å². The fourth-order valence-electron chi connectivity index (χ4n) is 2.07. The van der Waals surface area contributed by atoms with Crippen LogP contribution in [0.5, 0.6) is 0 Å². The molecule has 0 amide bonds. The largest absolute Gasteiger partial charge is 0.245 e. The maximum absolute atomic E-state index is 4.61. The van der Waals surface area contributed by atoms with Gasteiger partial charge in [0.15, 0.2) is 0 Å². The van der Waals surface area contributed by atoms with Gasteiger partial charge in [0.05, 0.1) is 5.69 Å². The Morgan fingerprint density at radius 2 is 2.00 bits per heavy atom. The van der Waals surface area contributed by atoms with Gasteiger partial charge in [-0.2, -0.15) is 5.10 Å². The highest BCUT2D eigenvalue weighted by molar-refractivity contribution is 5.59. The Bertz CT molecular complexity index is 509. The van der Waals surface area contributed by atoms with E-state index in [2.05, 4.69) is 47.7 Å². The number of aryl methyl sites for hydroxylation is 1. The van der Waals surface area contributed by atoms with Crippen molar-refractivity contribution in [3.63, 3.8) is 0 Å². The zero-order valence-corrected chi connectivity index (χ0v) is 9.13. The summed E-state index contributed by atoms with van der Waals surface area (Å²) < 4.78 is 2.01. The molecule has 0 saturated heterocycles. The van der Waals surface area contributed by atoms with Crippen LogP contribution in [-0.4, -0.2) is 9.78 Å². The smallest absolute Gasteiger partial charge is 0.0930 e. The molecule has 0 spiro atoms. The van der Waals surface area contributed by atoms with Crippen LogP contribution in [0.2, 0.25) is 0 Å². The number of hydrogen-bond acceptors (Lipinski definition) is 1. The van der Waals surface area contributed by atoms with E-state index in [4.69, 9.17) is 0 Å². The van der Waals surface area contributed by atoms with Crippen molar-refractivity contribution in [2.24, 2.45) is 0 Å². The van der Waals surface area contributed by atoms with Gasteiger partial charge in [-0.05, 0) is 25.3 Å². The molecule has 16 heavy (non-hydrogen) atoms. The molecule has 1 aromatic heterocycles. The number of benzene rings is 1. The zero-order chi connectivity index (χ0) is 10.8. The predicted molar refractivity (Wildman–Crippen MR) is 65.9 cm³/mol. The predicted octanol–water partition coefficient (Wildman–Crippen LogP) is 3.36. The van der Waals surface area contributed by atoms with Crippen molar-refractivity contribution in [3.05, 3.63) is 48.2 Å². The fraction of sp³-hybridized carbons (Fsp3) is 0.214. The number of nitrogens with zero attached hydrogens (tertiary/aromatic N) is 2. The summed E-state index contributed by atoms with van der Waals surface area (Å²) in [6.07, 6.45) is 7.76. The first-order chi connectivity index (χ1) is 7.93. The maximum Gasteiger partial charge on any atom is 0.0930 e. The molecule has 1 aromatic carbocycles. The van der Waals surface area contributed by atoms with E-state index in [9.17, 15) is 0 Å². The fourth-order valence-corrected chi connectivity index (χ4v) is 2.07. The number of allylic oxidation sites excluding steroid dienone is 1. The summed E-state index contributed by atoms with van der Waals surface area (Å²) in [5.41, 5.74) is 3.58. The van der Waals surface area contributed by atoms with E-state index in [0.717, 1.165) is 18.5 Å². The summed E-state index contributed by atoms with van der Waals surface area (Å²) in [7, 11) is 0. The van der Waals surface area contributed by atoms with E-state index < -0.39 is 0 Å². The molecule has 2 heterocycles. The third kappa shape index (κ3) is 1.67. The first kappa shape index (κ1) is 9.40. The lowest BCUT2D eigenvalue weighted by atomic mass is 10.1. The van der Waals surface area contributed by atoms with Crippen molar-refractivity contribution in [3.8, 4) is 11.3 Å². The van der Waals surface area contributed by atoms with Gasteiger partial charge in [-0.25, -0.2) is 4.68 Å². The number of hydrogen-bond donors (Lipinski definition) is 0. The molecule has 2 heteroatoms. The lowest BCUT2D eigenvalue weighted by molar-refractivity contribution is 0.796. The summed E-state index contributed by atoms with van der Waals surface area (Å²) in [6.45, 7) is 0. The summed E-state index contributed by atoms with van der Waals surface area (Å²) in [6, 6.07) is 12.5. The summed E-state index contributed by atoms with van der Waals surface area (Å²) >= 11 is 0. The minimum atomic E-state index is 1.07. The molecule has 1 aliphatic heterocycles. The molecule has 0 saturated carbocycles. The minimum absolute atomic E-state index is 1.07. The van der Waals surface area contributed by atoms with Gasteiger partial charge in [0, 0.05) is 17.5 Å². The van der Waals surface area contributed by atoms with Crippen LogP contribution in [0.4, 0.5) is 0 Å². The second-order valence-corrected chi connectivity index (χ2v) is 4.11. The van der Waals surface area contributed by atoms with Gasteiger partial charge >= 0.3 is 0 Å². The molecule has 0 N–H and O–H groups in total. The standard InChI is InChI=1S/C14H14N2/c1-3-7-12(8-4-1)14-11-13-9-5-2-6-10-16(13)15-14/h1,3-4,6-8,10-11H,2,5,9H2. The van der Waals surface area contributed by atoms with Crippen LogP contribution in [0, 0.1) is 0 Å². The van der Waals surface area contributed by atoms with E-state index in [1.54, 1.807) is 0 Å². The Morgan fingerprint density at radius 1 is 1.12 bits per heavy atom. The third-order valence-corrected chi connectivity index (χ3v) is 2.93. The number of aromatic nitrogens is 2. The van der Waals surface area contributed by atoms with Gasteiger partial charge in [0.1, 0.15) is 0 Å². The van der Waals surface area contributed by atoms with Gasteiger partial charge in [0.25, 0.3) is 0 Å². The quantitative estimate of drug-likeness (QED) is 0.705. The highest BCUT2D eigenvalue weighted by Gasteiger charge is 2.08. The Balaban J connectivity index is 2.04. The van der Waals surface area contributed by atoms with Crippen molar-refractivity contribution in [1.82, 2.24) is 9.78 Å². The minimum Gasteiger partial charge on any atom is -0.245 e. The van der Waals surface area contributed by atoms with E-state index in [0.29, 0.717) is 0 Å². The Labute approximate surface area is 95.2 Å². The average molecular weight is 210 g/mol. The van der Waals surface area contributed by atoms with Crippen molar-refractivity contribution in [2.45, 2.75) is 19.3 Å². The van der Waals surface area contributed by atoms with Crippen molar-refractivity contribution in [2.75, 3.05) is 0 Å². The Morgan fingerprint density at radius 3 is 2.88 bits per heavy atom. The van der Waals surface area contributed by atoms with Crippen LogP contribution in [0.25, 0.3) is 17.5 Å². The van der Waals surface area contributed by atoms with Crippen LogP contribution in [0.1, 0.15) is 18.5 Å². The van der Waals surface area contributed by atoms with E-state index >= 15 is 0 Å². The SMILES string of the molecule is C1=Cn2nc(-c3ccccc3)cc2CCC1. The summed E-state index contributed by atoms with van der Waals surface area (Å²) in [5, 5.41) is 4.61. The van der Waals surface area contributed by atoms with Crippen LogP contribution in [0.3, 0.4) is 0 Å². The molecule has 80 valence electrons. The maximum atomic E-state index is 4.61. The molecule has 0 aliphatic carbocycles. The van der Waals surface area contributed by atoms with Crippen LogP contribution < -0.4 is 0 Å². The molecule has 0 radical (unpaired) electrons. The monoisotopic (exact) mass is 210 g/mol.